The lowest BCUT2D eigenvalue weighted by Gasteiger charge is -2.31. The minimum Gasteiger partial charge on any atom is -0.347 e. The maximum atomic E-state index is 12.5. The van der Waals surface area contributed by atoms with Crippen LogP contribution in [0.5, 0.6) is 0 Å². The highest BCUT2D eigenvalue weighted by molar-refractivity contribution is 6.30. The van der Waals surface area contributed by atoms with Crippen molar-refractivity contribution in [2.45, 2.75) is 25.9 Å². The fourth-order valence-corrected chi connectivity index (χ4v) is 3.94. The first-order valence-corrected chi connectivity index (χ1v) is 10.7. The minimum atomic E-state index is -0.000677. The van der Waals surface area contributed by atoms with Crippen LogP contribution in [-0.4, -0.2) is 34.0 Å². The second kappa shape index (κ2) is 9.60. The van der Waals surface area contributed by atoms with Crippen LogP contribution in [0.1, 0.15) is 24.3 Å². The van der Waals surface area contributed by atoms with Gasteiger partial charge in [0.25, 0.3) is 0 Å². The summed E-state index contributed by atoms with van der Waals surface area (Å²) in [5.74, 6) is 0.889. The Kier molecular flexibility index (Phi) is 6.67. The molecule has 1 aromatic heterocycles. The van der Waals surface area contributed by atoms with E-state index < -0.39 is 0 Å². The molecular weight excluding hydrogens is 423 g/mol. The van der Waals surface area contributed by atoms with Crippen molar-refractivity contribution in [2.24, 2.45) is 5.92 Å². The molecule has 0 radical (unpaired) electrons. The van der Waals surface area contributed by atoms with Gasteiger partial charge in [0.05, 0.1) is 6.54 Å². The number of nitrogens with zero attached hydrogens (tertiary/aromatic N) is 3. The third-order valence-corrected chi connectivity index (χ3v) is 5.73. The first-order valence-electron chi connectivity index (χ1n) is 9.90. The predicted octanol–water partition coefficient (Wildman–Crippen LogP) is 4.57. The van der Waals surface area contributed by atoms with Crippen LogP contribution in [0.25, 0.3) is 11.4 Å². The zero-order valence-electron chi connectivity index (χ0n) is 16.4. The standard InChI is InChI=1S/C22H22Cl2N4O2/c23-18-6-4-16(5-7-18)21-26-20(30-27-21)13-25-22(29)17-8-10-28(11-9-17)14-15-2-1-3-19(24)12-15/h1-7,12,17H,8-11,13-14H2,(H,25,29). The number of amides is 1. The topological polar surface area (TPSA) is 71.3 Å². The number of hydrogen-bond acceptors (Lipinski definition) is 5. The van der Waals surface area contributed by atoms with Gasteiger partial charge in [0.2, 0.25) is 17.6 Å². The molecule has 8 heteroatoms. The molecule has 2 heterocycles. The quantitative estimate of drug-likeness (QED) is 0.602. The second-order valence-corrected chi connectivity index (χ2v) is 8.29. The van der Waals surface area contributed by atoms with E-state index in [1.807, 2.05) is 30.3 Å². The van der Waals surface area contributed by atoms with E-state index in [4.69, 9.17) is 27.7 Å². The molecule has 0 atom stereocenters. The minimum absolute atomic E-state index is 0.000677. The summed E-state index contributed by atoms with van der Waals surface area (Å²) in [5.41, 5.74) is 2.01. The molecule has 0 bridgehead atoms. The van der Waals surface area contributed by atoms with E-state index in [1.165, 1.54) is 5.56 Å². The highest BCUT2D eigenvalue weighted by Gasteiger charge is 2.25. The van der Waals surface area contributed by atoms with Crippen molar-refractivity contribution in [2.75, 3.05) is 13.1 Å². The number of piperidine rings is 1. The van der Waals surface area contributed by atoms with Crippen molar-refractivity contribution in [1.82, 2.24) is 20.4 Å². The summed E-state index contributed by atoms with van der Waals surface area (Å²) in [7, 11) is 0. The van der Waals surface area contributed by atoms with Gasteiger partial charge < -0.3 is 9.84 Å². The number of rotatable bonds is 6. The van der Waals surface area contributed by atoms with Gasteiger partial charge >= 0.3 is 0 Å². The molecule has 30 heavy (non-hydrogen) atoms. The molecule has 156 valence electrons. The molecule has 0 unspecified atom stereocenters. The lowest BCUT2D eigenvalue weighted by atomic mass is 9.95. The Morgan fingerprint density at radius 2 is 1.87 bits per heavy atom. The first kappa shape index (κ1) is 20.8. The Bertz CT molecular complexity index is 998. The number of halogens is 2. The predicted molar refractivity (Wildman–Crippen MR) is 116 cm³/mol. The molecule has 1 aliphatic rings. The first-order chi connectivity index (χ1) is 14.6. The molecule has 1 saturated heterocycles. The van der Waals surface area contributed by atoms with Crippen molar-refractivity contribution < 1.29 is 9.32 Å². The molecule has 1 aliphatic heterocycles. The Hall–Kier alpha value is -2.41. The summed E-state index contributed by atoms with van der Waals surface area (Å²) in [4.78, 5) is 19.2. The van der Waals surface area contributed by atoms with Gasteiger partial charge in [-0.2, -0.15) is 4.98 Å². The number of aromatic nitrogens is 2. The maximum Gasteiger partial charge on any atom is 0.246 e. The summed E-state index contributed by atoms with van der Waals surface area (Å²) in [6, 6.07) is 15.1. The van der Waals surface area contributed by atoms with E-state index in [2.05, 4.69) is 26.4 Å². The molecule has 0 saturated carbocycles. The van der Waals surface area contributed by atoms with E-state index in [0.717, 1.165) is 43.1 Å². The van der Waals surface area contributed by atoms with Crippen LogP contribution in [0.4, 0.5) is 0 Å². The van der Waals surface area contributed by atoms with Crippen LogP contribution in [0.15, 0.2) is 53.1 Å². The second-order valence-electron chi connectivity index (χ2n) is 7.42. The van der Waals surface area contributed by atoms with Gasteiger partial charge in [-0.3, -0.25) is 9.69 Å². The lowest BCUT2D eigenvalue weighted by Crippen LogP contribution is -2.40. The molecule has 1 amide bonds. The molecular formula is C22H22Cl2N4O2. The van der Waals surface area contributed by atoms with Gasteiger partial charge in [-0.1, -0.05) is 40.5 Å². The van der Waals surface area contributed by atoms with Crippen LogP contribution in [-0.2, 0) is 17.9 Å². The molecule has 1 fully saturated rings. The Morgan fingerprint density at radius 1 is 1.10 bits per heavy atom. The molecule has 6 nitrogen and oxygen atoms in total. The van der Waals surface area contributed by atoms with Gasteiger partial charge in [-0.25, -0.2) is 0 Å². The molecule has 3 aromatic rings. The lowest BCUT2D eigenvalue weighted by molar-refractivity contribution is -0.126. The van der Waals surface area contributed by atoms with Crippen molar-refractivity contribution in [1.29, 1.82) is 0 Å². The number of nitrogens with one attached hydrogen (secondary N) is 1. The molecule has 2 aromatic carbocycles. The number of carbonyl (C=O) groups is 1. The molecule has 0 aliphatic carbocycles. The highest BCUT2D eigenvalue weighted by atomic mass is 35.5. The third kappa shape index (κ3) is 5.39. The van der Waals surface area contributed by atoms with Crippen LogP contribution in [0.3, 0.4) is 0 Å². The van der Waals surface area contributed by atoms with Gasteiger partial charge in [-0.15, -0.1) is 0 Å². The van der Waals surface area contributed by atoms with E-state index in [9.17, 15) is 4.79 Å². The summed E-state index contributed by atoms with van der Waals surface area (Å²) in [5, 5.41) is 8.29. The SMILES string of the molecule is O=C(NCc1nc(-c2ccc(Cl)cc2)no1)C1CCN(Cc2cccc(Cl)c2)CC1. The van der Waals surface area contributed by atoms with Crippen molar-refractivity contribution in [3.8, 4) is 11.4 Å². The average Bonchev–Trinajstić information content (AvgIpc) is 3.22. The van der Waals surface area contributed by atoms with Gasteiger partial charge in [-0.05, 0) is 67.9 Å². The average molecular weight is 445 g/mol. The number of hydrogen-bond donors (Lipinski definition) is 1. The van der Waals surface area contributed by atoms with Gasteiger partial charge in [0.15, 0.2) is 0 Å². The summed E-state index contributed by atoms with van der Waals surface area (Å²) in [6.07, 6.45) is 1.65. The third-order valence-electron chi connectivity index (χ3n) is 5.24. The van der Waals surface area contributed by atoms with Gasteiger partial charge in [0.1, 0.15) is 0 Å². The monoisotopic (exact) mass is 444 g/mol. The van der Waals surface area contributed by atoms with Crippen LogP contribution < -0.4 is 5.32 Å². The molecule has 4 rings (SSSR count). The Morgan fingerprint density at radius 3 is 2.60 bits per heavy atom. The zero-order valence-corrected chi connectivity index (χ0v) is 17.9. The fraction of sp³-hybridized carbons (Fsp3) is 0.318. The Labute approximate surface area is 185 Å². The van der Waals surface area contributed by atoms with Gasteiger partial charge in [0, 0.05) is 28.1 Å². The van der Waals surface area contributed by atoms with E-state index >= 15 is 0 Å². The number of benzene rings is 2. The number of carbonyl (C=O) groups excluding carboxylic acids is 1. The molecule has 0 spiro atoms. The van der Waals surface area contributed by atoms with Crippen LogP contribution in [0, 0.1) is 5.92 Å². The van der Waals surface area contributed by atoms with Crippen molar-refractivity contribution in [3.63, 3.8) is 0 Å². The fourth-order valence-electron chi connectivity index (χ4n) is 3.60. The van der Waals surface area contributed by atoms with E-state index in [0.29, 0.717) is 16.7 Å². The van der Waals surface area contributed by atoms with Crippen molar-refractivity contribution in [3.05, 3.63) is 70.0 Å². The van der Waals surface area contributed by atoms with Crippen LogP contribution >= 0.6 is 23.2 Å². The number of likely N-dealkylation sites (tertiary alicyclic amines) is 1. The van der Waals surface area contributed by atoms with Crippen molar-refractivity contribution >= 4 is 29.1 Å². The highest BCUT2D eigenvalue weighted by Crippen LogP contribution is 2.21. The summed E-state index contributed by atoms with van der Waals surface area (Å²) in [6.45, 7) is 2.84. The zero-order chi connectivity index (χ0) is 20.9. The Balaban J connectivity index is 1.24. The largest absolute Gasteiger partial charge is 0.347 e. The maximum absolute atomic E-state index is 12.5. The normalized spacial score (nSPS) is 15.3. The van der Waals surface area contributed by atoms with E-state index in [1.54, 1.807) is 12.1 Å². The molecule has 1 N–H and O–H groups in total. The van der Waals surface area contributed by atoms with E-state index in [-0.39, 0.29) is 18.4 Å². The smallest absolute Gasteiger partial charge is 0.246 e. The summed E-state index contributed by atoms with van der Waals surface area (Å²) >= 11 is 12.0. The van der Waals surface area contributed by atoms with Crippen LogP contribution in [0.2, 0.25) is 10.0 Å². The summed E-state index contributed by atoms with van der Waals surface area (Å²) < 4.78 is 5.25.